The first-order valence-corrected chi connectivity index (χ1v) is 12.9. The van der Waals surface area contributed by atoms with Crippen LogP contribution in [0.15, 0.2) is 59.5 Å². The lowest BCUT2D eigenvalue weighted by Crippen LogP contribution is -2.58. The number of Topliss-reactive ketones (excluding diaryl/α,β-unsaturated/α-hetero) is 2. The molecule has 3 aliphatic rings. The van der Waals surface area contributed by atoms with E-state index in [0.717, 1.165) is 10.4 Å². The van der Waals surface area contributed by atoms with Crippen LogP contribution in [0.2, 0.25) is 0 Å². The number of rotatable bonds is 3. The molecular weight excluding hydrogens is 527 g/mol. The Morgan fingerprint density at radius 3 is 2.49 bits per heavy atom. The fourth-order valence-corrected chi connectivity index (χ4v) is 6.86. The van der Waals surface area contributed by atoms with Gasteiger partial charge < -0.3 is 26.2 Å². The number of halogens is 1. The number of aromatic hydroxyl groups is 1. The number of nitrogens with zero attached hydrogens (tertiary/aromatic N) is 1. The Balaban J connectivity index is 1.44. The molecule has 198 valence electrons. The highest BCUT2D eigenvalue weighted by Gasteiger charge is 2.60. The molecule has 0 saturated heterocycles. The second-order valence-corrected chi connectivity index (χ2v) is 11.0. The number of phenols is 1. The van der Waals surface area contributed by atoms with Crippen LogP contribution in [0.1, 0.15) is 24.0 Å². The molecule has 3 aromatic rings. The zero-order chi connectivity index (χ0) is 27.8. The van der Waals surface area contributed by atoms with Gasteiger partial charge in [0.15, 0.2) is 11.4 Å². The second kappa shape index (κ2) is 8.58. The van der Waals surface area contributed by atoms with Crippen molar-refractivity contribution in [1.29, 1.82) is 0 Å². The molecule has 6 N–H and O–H groups in total. The van der Waals surface area contributed by atoms with Crippen LogP contribution < -0.4 is 5.73 Å². The Morgan fingerprint density at radius 1 is 1.08 bits per heavy atom. The Labute approximate surface area is 224 Å². The van der Waals surface area contributed by atoms with E-state index in [-0.39, 0.29) is 42.0 Å². The highest BCUT2D eigenvalue weighted by Crippen LogP contribution is 2.53. The van der Waals surface area contributed by atoms with Gasteiger partial charge in [0.25, 0.3) is 5.91 Å². The third-order valence-corrected chi connectivity index (χ3v) is 8.88. The highest BCUT2D eigenvalue weighted by atomic mass is 32.1. The molecule has 3 atom stereocenters. The van der Waals surface area contributed by atoms with E-state index < -0.39 is 52.0 Å². The van der Waals surface area contributed by atoms with Crippen LogP contribution >= 0.6 is 11.3 Å². The van der Waals surface area contributed by atoms with Gasteiger partial charge in [0, 0.05) is 24.1 Å². The van der Waals surface area contributed by atoms with Crippen molar-refractivity contribution in [1.82, 2.24) is 4.98 Å². The Kier molecular flexibility index (Phi) is 5.49. The van der Waals surface area contributed by atoms with Crippen LogP contribution in [0.4, 0.5) is 4.39 Å². The summed E-state index contributed by atoms with van der Waals surface area (Å²) in [6.45, 7) is 0. The first-order chi connectivity index (χ1) is 18.5. The van der Waals surface area contributed by atoms with Gasteiger partial charge in [-0.05, 0) is 48.1 Å². The van der Waals surface area contributed by atoms with Gasteiger partial charge in [-0.1, -0.05) is 18.2 Å². The maximum atomic E-state index is 13.6. The molecule has 0 unspecified atom stereocenters. The van der Waals surface area contributed by atoms with Gasteiger partial charge in [0.1, 0.15) is 33.7 Å². The molecule has 1 amide bonds. The van der Waals surface area contributed by atoms with Crippen LogP contribution in [-0.2, 0) is 20.8 Å². The van der Waals surface area contributed by atoms with Gasteiger partial charge in [0.05, 0.1) is 16.0 Å². The summed E-state index contributed by atoms with van der Waals surface area (Å²) < 4.78 is 13.3. The number of phenolic OH excluding ortho intramolecular Hbond substituents is 1. The molecular formula is C28H21FN2O7S. The summed E-state index contributed by atoms with van der Waals surface area (Å²) in [5.41, 5.74) is 3.15. The van der Waals surface area contributed by atoms with Crippen LogP contribution in [0.3, 0.4) is 0 Å². The van der Waals surface area contributed by atoms with Crippen molar-refractivity contribution in [2.75, 3.05) is 0 Å². The number of hydrogen-bond donors (Lipinski definition) is 5. The largest absolute Gasteiger partial charge is 0.508 e. The Bertz CT molecular complexity index is 1670. The third kappa shape index (κ3) is 3.53. The lowest BCUT2D eigenvalue weighted by molar-refractivity contribution is -0.147. The number of aliphatic hydroxyl groups is 3. The molecule has 0 spiro atoms. The number of aliphatic hydroxyl groups excluding tert-OH is 2. The highest BCUT2D eigenvalue weighted by molar-refractivity contribution is 7.18. The molecule has 1 heterocycles. The summed E-state index contributed by atoms with van der Waals surface area (Å²) in [6.07, 6.45) is 1.50. The maximum Gasteiger partial charge on any atom is 0.255 e. The number of primary amides is 1. The lowest BCUT2D eigenvalue weighted by atomic mass is 9.59. The molecule has 11 heteroatoms. The van der Waals surface area contributed by atoms with Gasteiger partial charge >= 0.3 is 0 Å². The normalized spacial score (nSPS) is 24.4. The van der Waals surface area contributed by atoms with Gasteiger partial charge in [-0.3, -0.25) is 14.4 Å². The zero-order valence-electron chi connectivity index (χ0n) is 20.1. The number of amides is 1. The summed E-state index contributed by atoms with van der Waals surface area (Å²) >= 11 is 1.24. The molecule has 39 heavy (non-hydrogen) atoms. The van der Waals surface area contributed by atoms with Crippen LogP contribution in [0.5, 0.6) is 5.75 Å². The predicted molar refractivity (Wildman–Crippen MR) is 138 cm³/mol. The minimum Gasteiger partial charge on any atom is -0.508 e. The minimum absolute atomic E-state index is 0.00170. The van der Waals surface area contributed by atoms with Crippen molar-refractivity contribution in [2.24, 2.45) is 17.6 Å². The molecule has 0 radical (unpaired) electrons. The Hall–Kier alpha value is -4.35. The summed E-state index contributed by atoms with van der Waals surface area (Å²) in [5.74, 6) is -7.06. The third-order valence-electron chi connectivity index (χ3n) is 7.80. The first kappa shape index (κ1) is 25.0. The van der Waals surface area contributed by atoms with Crippen LogP contribution in [0.25, 0.3) is 26.8 Å². The average molecular weight is 549 g/mol. The van der Waals surface area contributed by atoms with Gasteiger partial charge in [-0.2, -0.15) is 0 Å². The summed E-state index contributed by atoms with van der Waals surface area (Å²) in [4.78, 5) is 42.9. The fourth-order valence-electron chi connectivity index (χ4n) is 5.91. The average Bonchev–Trinajstić information content (AvgIpc) is 3.36. The van der Waals surface area contributed by atoms with E-state index in [9.17, 15) is 39.2 Å². The number of fused-ring (bicyclic) bond motifs is 3. The fraction of sp³-hybridized carbons (Fsp3) is 0.214. The number of thiazole rings is 1. The summed E-state index contributed by atoms with van der Waals surface area (Å²) in [6, 6.07) is 9.22. The topological polar surface area (TPSA) is 171 Å². The van der Waals surface area contributed by atoms with Crippen LogP contribution in [-0.4, -0.2) is 48.5 Å². The lowest BCUT2D eigenvalue weighted by Gasteiger charge is -2.46. The van der Waals surface area contributed by atoms with E-state index in [1.807, 2.05) is 0 Å². The molecule has 1 fully saturated rings. The Morgan fingerprint density at radius 2 is 1.79 bits per heavy atom. The van der Waals surface area contributed by atoms with Crippen molar-refractivity contribution < 1.29 is 39.2 Å². The van der Waals surface area contributed by atoms with Gasteiger partial charge in [-0.15, -0.1) is 11.3 Å². The molecule has 0 aliphatic heterocycles. The number of ketones is 2. The van der Waals surface area contributed by atoms with E-state index in [2.05, 4.69) is 4.98 Å². The minimum atomic E-state index is -2.61. The van der Waals surface area contributed by atoms with Crippen molar-refractivity contribution in [3.8, 4) is 26.8 Å². The standard InChI is InChI=1S/C28H21FN2O7S/c29-15-4-1-11(2-5-15)18-10-31-27(39-18)16-6-3-12-7-13-8-14-9-17(32)21(26(30)37)25(36)28(14,38)24(35)20(13)23(34)19(12)22(16)33/h1-6,10,13-14,33-34,36,38H,7-9H2,(H2,30,37)/t13-,14-,28-/m0/s1. The molecule has 0 bridgehead atoms. The monoisotopic (exact) mass is 548 g/mol. The second-order valence-electron chi connectivity index (χ2n) is 9.94. The van der Waals surface area contributed by atoms with Crippen molar-refractivity contribution in [3.63, 3.8) is 0 Å². The van der Waals surface area contributed by atoms with E-state index in [0.29, 0.717) is 16.1 Å². The molecule has 6 rings (SSSR count). The molecule has 2 aromatic carbocycles. The maximum absolute atomic E-state index is 13.6. The van der Waals surface area contributed by atoms with Crippen molar-refractivity contribution >= 4 is 34.6 Å². The van der Waals surface area contributed by atoms with Gasteiger partial charge in [0.2, 0.25) is 5.78 Å². The molecule has 3 aliphatic carbocycles. The van der Waals surface area contributed by atoms with E-state index in [4.69, 9.17) is 5.73 Å². The SMILES string of the molecule is NC(=O)C1=C(O)[C@@]2(O)C(=O)C3=C(O)c4c(ccc(-c5ncc(-c6ccc(F)cc6)s5)c4O)C[C@H]3C[C@H]2CC1=O. The summed E-state index contributed by atoms with van der Waals surface area (Å²) in [5, 5.41) is 45.0. The zero-order valence-corrected chi connectivity index (χ0v) is 21.0. The number of benzene rings is 2. The van der Waals surface area contributed by atoms with Crippen molar-refractivity contribution in [2.45, 2.75) is 24.9 Å². The van der Waals surface area contributed by atoms with E-state index in [1.54, 1.807) is 30.5 Å². The van der Waals surface area contributed by atoms with Crippen molar-refractivity contribution in [3.05, 3.63) is 76.4 Å². The summed E-state index contributed by atoms with van der Waals surface area (Å²) in [7, 11) is 0. The molecule has 1 saturated carbocycles. The first-order valence-electron chi connectivity index (χ1n) is 12.1. The quantitative estimate of drug-likeness (QED) is 0.310. The van der Waals surface area contributed by atoms with E-state index >= 15 is 0 Å². The number of nitrogens with two attached hydrogens (primary N) is 1. The number of carbonyl (C=O) groups is 3. The predicted octanol–water partition coefficient (Wildman–Crippen LogP) is 3.35. The number of hydrogen-bond acceptors (Lipinski definition) is 9. The molecule has 9 nitrogen and oxygen atoms in total. The number of carbonyl (C=O) groups excluding carboxylic acids is 3. The number of aromatic nitrogens is 1. The van der Waals surface area contributed by atoms with Gasteiger partial charge in [-0.25, -0.2) is 9.37 Å². The smallest absolute Gasteiger partial charge is 0.255 e. The van der Waals surface area contributed by atoms with E-state index in [1.165, 1.54) is 23.5 Å². The van der Waals surface area contributed by atoms with Crippen LogP contribution in [0, 0.1) is 17.7 Å². The molecule has 1 aromatic heterocycles.